The van der Waals surface area contributed by atoms with Crippen molar-refractivity contribution in [3.05, 3.63) is 69.8 Å². The van der Waals surface area contributed by atoms with E-state index in [1.54, 1.807) is 24.5 Å². The molecule has 35 heavy (non-hydrogen) atoms. The summed E-state index contributed by atoms with van der Waals surface area (Å²) < 4.78 is 25.4. The lowest BCUT2D eigenvalue weighted by molar-refractivity contribution is -0.136. The number of benzene rings is 1. The average Bonchev–Trinajstić information content (AvgIpc) is 2.87. The molecule has 1 aromatic carbocycles. The van der Waals surface area contributed by atoms with Crippen molar-refractivity contribution in [1.29, 1.82) is 0 Å². The molecule has 3 rings (SSSR count). The molecule has 0 radical (unpaired) electrons. The van der Waals surface area contributed by atoms with Crippen LogP contribution in [0, 0.1) is 5.82 Å². The Balaban J connectivity index is 2.08. The van der Waals surface area contributed by atoms with Crippen molar-refractivity contribution in [2.45, 2.75) is 52.0 Å². The summed E-state index contributed by atoms with van der Waals surface area (Å²) in [6, 6.07) is 5.67. The molecule has 0 unspecified atom stereocenters. The second kappa shape index (κ2) is 12.4. The van der Waals surface area contributed by atoms with E-state index in [2.05, 4.69) is 4.98 Å². The zero-order chi connectivity index (χ0) is 25.4. The van der Waals surface area contributed by atoms with E-state index in [1.165, 1.54) is 18.1 Å². The Hall–Kier alpha value is -3.26. The summed E-state index contributed by atoms with van der Waals surface area (Å²) in [5.41, 5.74) is 1.00. The molecule has 9 heteroatoms. The largest absolute Gasteiger partial charge is 0.466 e. The van der Waals surface area contributed by atoms with Gasteiger partial charge in [-0.15, -0.1) is 0 Å². The van der Waals surface area contributed by atoms with Crippen molar-refractivity contribution >= 4 is 35.1 Å². The number of esters is 2. The molecule has 0 saturated heterocycles. The monoisotopic (exact) mass is 502 g/mol. The van der Waals surface area contributed by atoms with Crippen LogP contribution in [0.15, 0.2) is 47.8 Å². The number of ether oxygens (including phenoxy) is 2. The minimum Gasteiger partial charge on any atom is -0.466 e. The molecule has 0 atom stereocenters. The van der Waals surface area contributed by atoms with Crippen molar-refractivity contribution in [1.82, 2.24) is 4.98 Å². The first-order valence-electron chi connectivity index (χ1n) is 11.5. The maximum atomic E-state index is 15.2. The first-order chi connectivity index (χ1) is 16.9. The van der Waals surface area contributed by atoms with Crippen LogP contribution in [0.3, 0.4) is 0 Å². The van der Waals surface area contributed by atoms with Crippen molar-refractivity contribution in [3.8, 4) is 0 Å². The summed E-state index contributed by atoms with van der Waals surface area (Å²) in [5, 5.41) is -0.117. The highest BCUT2D eigenvalue weighted by atomic mass is 35.5. The number of methoxy groups -OCH3 is 1. The van der Waals surface area contributed by atoms with E-state index in [0.29, 0.717) is 31.2 Å². The zero-order valence-corrected chi connectivity index (χ0v) is 20.6. The number of amides is 1. The van der Waals surface area contributed by atoms with Gasteiger partial charge in [-0.1, -0.05) is 31.0 Å². The van der Waals surface area contributed by atoms with E-state index in [1.807, 2.05) is 6.92 Å². The minimum atomic E-state index is -0.784. The van der Waals surface area contributed by atoms with Crippen LogP contribution in [0.25, 0.3) is 0 Å². The highest BCUT2D eigenvalue weighted by Crippen LogP contribution is 2.33. The second-order valence-corrected chi connectivity index (χ2v) is 8.59. The Kier molecular flexibility index (Phi) is 9.37. The number of unbranched alkanes of at least 4 members (excludes halogenated alkanes) is 1. The van der Waals surface area contributed by atoms with Gasteiger partial charge in [-0.25, -0.2) is 14.0 Å². The van der Waals surface area contributed by atoms with Crippen LogP contribution in [-0.2, 0) is 25.6 Å². The Bertz CT molecular complexity index is 1120. The predicted molar refractivity (Wildman–Crippen MR) is 130 cm³/mol. The third-order valence-electron chi connectivity index (χ3n) is 5.74. The smallest absolute Gasteiger partial charge is 0.339 e. The van der Waals surface area contributed by atoms with Gasteiger partial charge in [0.2, 0.25) is 0 Å². The molecule has 0 spiro atoms. The number of hydrogen-bond donors (Lipinski definition) is 0. The van der Waals surface area contributed by atoms with Gasteiger partial charge in [-0.05, 0) is 55.9 Å². The third kappa shape index (κ3) is 6.45. The van der Waals surface area contributed by atoms with Gasteiger partial charge < -0.3 is 14.4 Å². The molecule has 1 aliphatic carbocycles. The number of carbonyl (C=O) groups excluding carboxylic acids is 3. The van der Waals surface area contributed by atoms with Crippen LogP contribution < -0.4 is 4.90 Å². The maximum absolute atomic E-state index is 15.2. The normalized spacial score (nSPS) is 13.4. The van der Waals surface area contributed by atoms with Crippen LogP contribution in [0.1, 0.15) is 61.4 Å². The van der Waals surface area contributed by atoms with Crippen molar-refractivity contribution in [2.75, 3.05) is 18.6 Å². The molecule has 1 heterocycles. The quantitative estimate of drug-likeness (QED) is 0.337. The number of nitrogens with zero attached hydrogens (tertiary/aromatic N) is 2. The van der Waals surface area contributed by atoms with Crippen LogP contribution in [0.5, 0.6) is 0 Å². The number of halogens is 2. The third-order valence-corrected chi connectivity index (χ3v) is 6.06. The van der Waals surface area contributed by atoms with Gasteiger partial charge in [0.25, 0.3) is 5.91 Å². The minimum absolute atomic E-state index is 0.0342. The fourth-order valence-electron chi connectivity index (χ4n) is 3.88. The van der Waals surface area contributed by atoms with E-state index >= 15 is 4.39 Å². The molecular weight excluding hydrogens is 475 g/mol. The van der Waals surface area contributed by atoms with Crippen molar-refractivity contribution in [2.24, 2.45) is 0 Å². The molecule has 1 amide bonds. The predicted octanol–water partition coefficient (Wildman–Crippen LogP) is 5.41. The summed E-state index contributed by atoms with van der Waals surface area (Å²) >= 11 is 6.16. The lowest BCUT2D eigenvalue weighted by Gasteiger charge is -2.28. The van der Waals surface area contributed by atoms with Crippen LogP contribution in [0.4, 0.5) is 10.1 Å². The van der Waals surface area contributed by atoms with Gasteiger partial charge in [0.15, 0.2) is 0 Å². The standard InChI is InChI=1S/C26H28ClFN2O5/c1-3-4-12-35-26(33)20-13-23(22(28)14-21(20)27)30(16-17-8-7-11-29-15-17)24(31)18-9-5-6-10-19(18)25(32)34-2/h7-8,11,13-15H,3-6,9-10,12,16H2,1-2H3. The molecular formula is C26H28ClFN2O5. The molecule has 0 saturated carbocycles. The van der Waals surface area contributed by atoms with E-state index < -0.39 is 23.7 Å². The van der Waals surface area contributed by atoms with Gasteiger partial charge in [0, 0.05) is 23.5 Å². The van der Waals surface area contributed by atoms with E-state index in [9.17, 15) is 14.4 Å². The number of hydrogen-bond acceptors (Lipinski definition) is 6. The Morgan fingerprint density at radius 2 is 1.89 bits per heavy atom. The van der Waals surface area contributed by atoms with E-state index in [0.717, 1.165) is 18.9 Å². The number of pyridine rings is 1. The van der Waals surface area contributed by atoms with E-state index in [4.69, 9.17) is 21.1 Å². The first kappa shape index (κ1) is 26.3. The topological polar surface area (TPSA) is 85.8 Å². The molecule has 0 fully saturated rings. The van der Waals surface area contributed by atoms with Crippen LogP contribution in [-0.4, -0.2) is 36.5 Å². The van der Waals surface area contributed by atoms with Gasteiger partial charge in [0.05, 0.1) is 36.5 Å². The summed E-state index contributed by atoms with van der Waals surface area (Å²) in [6.45, 7) is 2.13. The molecule has 0 aliphatic heterocycles. The average molecular weight is 503 g/mol. The second-order valence-electron chi connectivity index (χ2n) is 8.18. The van der Waals surface area contributed by atoms with Gasteiger partial charge >= 0.3 is 11.9 Å². The molecule has 0 N–H and O–H groups in total. The molecule has 1 aromatic heterocycles. The summed E-state index contributed by atoms with van der Waals surface area (Å²) in [4.78, 5) is 44.1. The lowest BCUT2D eigenvalue weighted by Crippen LogP contribution is -2.34. The lowest BCUT2D eigenvalue weighted by atomic mass is 9.90. The summed E-state index contributed by atoms with van der Waals surface area (Å²) in [5.74, 6) is -2.61. The van der Waals surface area contributed by atoms with Gasteiger partial charge in [-0.2, -0.15) is 0 Å². The SMILES string of the molecule is CCCCOC(=O)c1cc(N(Cc2cccnc2)C(=O)C2=C(C(=O)OC)CCCC2)c(F)cc1Cl. The van der Waals surface area contributed by atoms with Gasteiger partial charge in [-0.3, -0.25) is 9.78 Å². The highest BCUT2D eigenvalue weighted by molar-refractivity contribution is 6.33. The molecule has 7 nitrogen and oxygen atoms in total. The van der Waals surface area contributed by atoms with Crippen molar-refractivity contribution in [3.63, 3.8) is 0 Å². The Morgan fingerprint density at radius 1 is 1.14 bits per heavy atom. The first-order valence-corrected chi connectivity index (χ1v) is 11.9. The maximum Gasteiger partial charge on any atom is 0.339 e. The molecule has 2 aromatic rings. The number of carbonyl (C=O) groups is 3. The number of rotatable bonds is 9. The van der Waals surface area contributed by atoms with E-state index in [-0.39, 0.29) is 40.6 Å². The van der Waals surface area contributed by atoms with Crippen LogP contribution in [0.2, 0.25) is 5.02 Å². The summed E-state index contributed by atoms with van der Waals surface area (Å²) in [7, 11) is 1.26. The Labute approximate surface area is 208 Å². The summed E-state index contributed by atoms with van der Waals surface area (Å²) in [6.07, 6.45) is 6.86. The van der Waals surface area contributed by atoms with Gasteiger partial charge in [0.1, 0.15) is 5.82 Å². The zero-order valence-electron chi connectivity index (χ0n) is 19.8. The molecule has 1 aliphatic rings. The molecule has 0 bridgehead atoms. The Morgan fingerprint density at radius 3 is 2.54 bits per heavy atom. The fourth-order valence-corrected chi connectivity index (χ4v) is 4.11. The number of anilines is 1. The highest BCUT2D eigenvalue weighted by Gasteiger charge is 2.31. The molecule has 186 valence electrons. The van der Waals surface area contributed by atoms with Crippen molar-refractivity contribution < 1.29 is 28.2 Å². The van der Waals surface area contributed by atoms with Crippen LogP contribution >= 0.6 is 11.6 Å². The number of aromatic nitrogens is 1. The fraction of sp³-hybridized carbons (Fsp3) is 0.385.